The van der Waals surface area contributed by atoms with Crippen LogP contribution < -0.4 is 5.32 Å². The van der Waals surface area contributed by atoms with Crippen LogP contribution in [0.2, 0.25) is 0 Å². The predicted molar refractivity (Wildman–Crippen MR) is 80.8 cm³/mol. The van der Waals surface area contributed by atoms with Crippen LogP contribution in [-0.4, -0.2) is 48.1 Å². The molecule has 132 valence electrons. The SMILES string of the molecule is Cc1c(C(=O)NC[C@@H]2CCN(CC(F)(F)F)C2)cccc1[N+](=O)[O-]. The van der Waals surface area contributed by atoms with Crippen molar-refractivity contribution < 1.29 is 22.9 Å². The number of benzene rings is 1. The number of hydrogen-bond acceptors (Lipinski definition) is 4. The van der Waals surface area contributed by atoms with E-state index in [0.29, 0.717) is 13.0 Å². The van der Waals surface area contributed by atoms with Gasteiger partial charge in [0.1, 0.15) is 0 Å². The summed E-state index contributed by atoms with van der Waals surface area (Å²) in [4.78, 5) is 23.8. The van der Waals surface area contributed by atoms with Gasteiger partial charge in [0.25, 0.3) is 11.6 Å². The number of hydrogen-bond donors (Lipinski definition) is 1. The number of alkyl halides is 3. The number of rotatable bonds is 5. The fraction of sp³-hybridized carbons (Fsp3) is 0.533. The Morgan fingerprint density at radius 3 is 2.79 bits per heavy atom. The molecule has 2 rings (SSSR count). The highest BCUT2D eigenvalue weighted by Crippen LogP contribution is 2.23. The van der Waals surface area contributed by atoms with Gasteiger partial charge < -0.3 is 5.32 Å². The zero-order chi connectivity index (χ0) is 17.9. The molecule has 0 aliphatic carbocycles. The second-order valence-electron chi connectivity index (χ2n) is 5.92. The van der Waals surface area contributed by atoms with Crippen LogP contribution in [0.3, 0.4) is 0 Å². The Morgan fingerprint density at radius 2 is 2.17 bits per heavy atom. The van der Waals surface area contributed by atoms with Gasteiger partial charge >= 0.3 is 6.18 Å². The summed E-state index contributed by atoms with van der Waals surface area (Å²) in [6, 6.07) is 4.24. The van der Waals surface area contributed by atoms with Gasteiger partial charge in [0.05, 0.1) is 11.5 Å². The molecular formula is C15H18F3N3O3. The highest BCUT2D eigenvalue weighted by Gasteiger charge is 2.34. The van der Waals surface area contributed by atoms with Crippen LogP contribution in [0.1, 0.15) is 22.3 Å². The maximum absolute atomic E-state index is 12.4. The highest BCUT2D eigenvalue weighted by molar-refractivity contribution is 5.96. The number of amides is 1. The largest absolute Gasteiger partial charge is 0.401 e. The first-order chi connectivity index (χ1) is 11.2. The normalized spacial score (nSPS) is 18.6. The van der Waals surface area contributed by atoms with Gasteiger partial charge in [-0.25, -0.2) is 0 Å². The minimum atomic E-state index is -4.22. The van der Waals surface area contributed by atoms with Crippen molar-refractivity contribution >= 4 is 11.6 Å². The van der Waals surface area contributed by atoms with Crippen molar-refractivity contribution in [1.29, 1.82) is 0 Å². The lowest BCUT2D eigenvalue weighted by Gasteiger charge is -2.18. The molecule has 0 aromatic heterocycles. The molecule has 0 bridgehead atoms. The Kier molecular flexibility index (Phi) is 5.43. The molecule has 1 N–H and O–H groups in total. The maximum atomic E-state index is 12.4. The lowest BCUT2D eigenvalue weighted by molar-refractivity contribution is -0.385. The molecule has 9 heteroatoms. The third kappa shape index (κ3) is 4.67. The summed E-state index contributed by atoms with van der Waals surface area (Å²) in [6.07, 6.45) is -3.65. The standard InChI is InChI=1S/C15H18F3N3O3/c1-10-12(3-2-4-13(10)21(23)24)14(22)19-7-11-5-6-20(8-11)9-15(16,17)18/h2-4,11H,5-9H2,1H3,(H,19,22)/t11-/m0/s1. The van der Waals surface area contributed by atoms with Crippen LogP contribution in [0.25, 0.3) is 0 Å². The first kappa shape index (κ1) is 18.2. The van der Waals surface area contributed by atoms with Crippen molar-refractivity contribution in [2.45, 2.75) is 19.5 Å². The van der Waals surface area contributed by atoms with E-state index in [2.05, 4.69) is 5.32 Å². The third-order valence-corrected chi connectivity index (χ3v) is 4.07. The summed E-state index contributed by atoms with van der Waals surface area (Å²) < 4.78 is 37.1. The maximum Gasteiger partial charge on any atom is 0.401 e. The van der Waals surface area contributed by atoms with Gasteiger partial charge in [-0.15, -0.1) is 0 Å². The predicted octanol–water partition coefficient (Wildman–Crippen LogP) is 2.52. The number of nitrogens with zero attached hydrogens (tertiary/aromatic N) is 2. The van der Waals surface area contributed by atoms with Crippen LogP contribution in [-0.2, 0) is 0 Å². The molecule has 1 fully saturated rings. The molecular weight excluding hydrogens is 327 g/mol. The van der Waals surface area contributed by atoms with Crippen LogP contribution >= 0.6 is 0 Å². The molecule has 0 saturated carbocycles. The minimum Gasteiger partial charge on any atom is -0.352 e. The molecule has 1 aliphatic heterocycles. The molecule has 0 unspecified atom stereocenters. The van der Waals surface area contributed by atoms with Crippen molar-refractivity contribution in [1.82, 2.24) is 10.2 Å². The smallest absolute Gasteiger partial charge is 0.352 e. The number of carbonyl (C=O) groups is 1. The van der Waals surface area contributed by atoms with E-state index in [1.54, 1.807) is 0 Å². The van der Waals surface area contributed by atoms with Gasteiger partial charge in [-0.2, -0.15) is 13.2 Å². The number of nitro benzene ring substituents is 1. The first-order valence-electron chi connectivity index (χ1n) is 7.48. The van der Waals surface area contributed by atoms with Crippen molar-refractivity contribution in [2.75, 3.05) is 26.2 Å². The molecule has 24 heavy (non-hydrogen) atoms. The Morgan fingerprint density at radius 1 is 1.46 bits per heavy atom. The second kappa shape index (κ2) is 7.16. The average molecular weight is 345 g/mol. The van der Waals surface area contributed by atoms with E-state index in [0.717, 1.165) is 0 Å². The number of nitro groups is 1. The van der Waals surface area contributed by atoms with Crippen molar-refractivity contribution in [2.24, 2.45) is 5.92 Å². The summed E-state index contributed by atoms with van der Waals surface area (Å²) in [5.74, 6) is -0.513. The number of halogens is 3. The molecule has 1 aromatic rings. The van der Waals surface area contributed by atoms with E-state index in [1.165, 1.54) is 30.0 Å². The molecule has 6 nitrogen and oxygen atoms in total. The molecule has 1 aromatic carbocycles. The summed E-state index contributed by atoms with van der Waals surface area (Å²) in [5, 5.41) is 13.6. The van der Waals surface area contributed by atoms with Gasteiger partial charge in [0.15, 0.2) is 0 Å². The fourth-order valence-corrected chi connectivity index (χ4v) is 2.88. The minimum absolute atomic E-state index is 0.0599. The lowest BCUT2D eigenvalue weighted by atomic mass is 10.1. The molecule has 1 amide bonds. The van der Waals surface area contributed by atoms with Crippen LogP contribution in [0.15, 0.2) is 18.2 Å². The second-order valence-corrected chi connectivity index (χ2v) is 5.92. The van der Waals surface area contributed by atoms with Crippen molar-refractivity contribution in [3.8, 4) is 0 Å². The summed E-state index contributed by atoms with van der Waals surface area (Å²) in [6.45, 7) is 1.41. The molecule has 0 spiro atoms. The summed E-state index contributed by atoms with van der Waals surface area (Å²) >= 11 is 0. The van der Waals surface area contributed by atoms with E-state index in [-0.39, 0.29) is 35.8 Å². The van der Waals surface area contributed by atoms with Crippen molar-refractivity contribution in [3.63, 3.8) is 0 Å². The Hall–Kier alpha value is -2.16. The van der Waals surface area contributed by atoms with Crippen molar-refractivity contribution in [3.05, 3.63) is 39.4 Å². The van der Waals surface area contributed by atoms with Gasteiger partial charge in [-0.05, 0) is 31.9 Å². The van der Waals surface area contributed by atoms with Gasteiger partial charge in [-0.3, -0.25) is 19.8 Å². The monoisotopic (exact) mass is 345 g/mol. The zero-order valence-corrected chi connectivity index (χ0v) is 13.1. The topological polar surface area (TPSA) is 75.5 Å². The van der Waals surface area contributed by atoms with Crippen LogP contribution in [0.5, 0.6) is 0 Å². The van der Waals surface area contributed by atoms with E-state index < -0.39 is 23.6 Å². The van der Waals surface area contributed by atoms with Gasteiger partial charge in [-0.1, -0.05) is 6.07 Å². The molecule has 1 saturated heterocycles. The number of nitrogens with one attached hydrogen (secondary N) is 1. The van der Waals surface area contributed by atoms with Crippen LogP contribution in [0.4, 0.5) is 18.9 Å². The average Bonchev–Trinajstić information content (AvgIpc) is 2.90. The van der Waals surface area contributed by atoms with E-state index in [1.807, 2.05) is 0 Å². The van der Waals surface area contributed by atoms with E-state index in [9.17, 15) is 28.1 Å². The molecule has 1 atom stereocenters. The van der Waals surface area contributed by atoms with Gasteiger partial charge in [0, 0.05) is 30.3 Å². The lowest BCUT2D eigenvalue weighted by Crippen LogP contribution is -2.34. The van der Waals surface area contributed by atoms with Gasteiger partial charge in [0.2, 0.25) is 0 Å². The number of carbonyl (C=O) groups excluding carboxylic acids is 1. The highest BCUT2D eigenvalue weighted by atomic mass is 19.4. The zero-order valence-electron chi connectivity index (χ0n) is 13.1. The Balaban J connectivity index is 1.91. The third-order valence-electron chi connectivity index (χ3n) is 4.07. The first-order valence-corrected chi connectivity index (χ1v) is 7.48. The molecule has 1 aliphatic rings. The van der Waals surface area contributed by atoms with Crippen LogP contribution in [0, 0.1) is 23.0 Å². The Labute approximate surface area is 136 Å². The summed E-state index contributed by atoms with van der Waals surface area (Å²) in [5.41, 5.74) is 0.333. The quantitative estimate of drug-likeness (QED) is 0.657. The molecule has 1 heterocycles. The number of likely N-dealkylation sites (tertiary alicyclic amines) is 1. The fourth-order valence-electron chi connectivity index (χ4n) is 2.88. The van der Waals surface area contributed by atoms with E-state index in [4.69, 9.17) is 0 Å². The molecule has 0 radical (unpaired) electrons. The van der Waals surface area contributed by atoms with E-state index >= 15 is 0 Å². The summed E-state index contributed by atoms with van der Waals surface area (Å²) in [7, 11) is 0. The Bertz CT molecular complexity index is 634.